The molecule has 0 aromatic heterocycles. The maximum Gasteiger partial charge on any atom is 0.335 e. The minimum Gasteiger partial charge on any atom is -0.478 e. The van der Waals surface area contributed by atoms with Crippen molar-refractivity contribution < 1.29 is 24.4 Å². The Bertz CT molecular complexity index is 572. The highest BCUT2D eigenvalue weighted by molar-refractivity contribution is 5.88. The molecule has 0 unspecified atom stereocenters. The third-order valence-electron chi connectivity index (χ3n) is 3.03. The van der Waals surface area contributed by atoms with Gasteiger partial charge in [0.15, 0.2) is 12.4 Å². The van der Waals surface area contributed by atoms with E-state index in [0.717, 1.165) is 31.0 Å². The van der Waals surface area contributed by atoms with Gasteiger partial charge in [-0.15, -0.1) is 0 Å². The third kappa shape index (κ3) is 4.72. The van der Waals surface area contributed by atoms with Crippen molar-refractivity contribution in [3.63, 3.8) is 0 Å². The summed E-state index contributed by atoms with van der Waals surface area (Å²) in [5.41, 5.74) is -0.526. The molecule has 0 spiro atoms. The van der Waals surface area contributed by atoms with Crippen LogP contribution in [0.2, 0.25) is 0 Å². The SMILES string of the molecule is CCCCN(C)C(=O)COc1cc(C(=O)O)ccc1[N+](=O)[O-]. The average Bonchev–Trinajstić information content (AvgIpc) is 2.49. The lowest BCUT2D eigenvalue weighted by molar-refractivity contribution is -0.385. The standard InChI is InChI=1S/C14H18N2O6/c1-3-4-7-15(2)13(17)9-22-12-8-10(14(18)19)5-6-11(12)16(20)21/h5-6,8H,3-4,7,9H2,1-2H3,(H,18,19). The van der Waals surface area contributed by atoms with Crippen LogP contribution in [-0.4, -0.2) is 47.0 Å². The lowest BCUT2D eigenvalue weighted by atomic mass is 10.2. The van der Waals surface area contributed by atoms with Crippen molar-refractivity contribution in [3.8, 4) is 5.75 Å². The van der Waals surface area contributed by atoms with Gasteiger partial charge in [-0.1, -0.05) is 13.3 Å². The van der Waals surface area contributed by atoms with Crippen LogP contribution in [0.1, 0.15) is 30.1 Å². The summed E-state index contributed by atoms with van der Waals surface area (Å²) < 4.78 is 5.16. The van der Waals surface area contributed by atoms with E-state index in [2.05, 4.69) is 0 Å². The fraction of sp³-hybridized carbons (Fsp3) is 0.429. The van der Waals surface area contributed by atoms with Crippen LogP contribution in [0.25, 0.3) is 0 Å². The van der Waals surface area contributed by atoms with E-state index in [9.17, 15) is 19.7 Å². The predicted molar refractivity (Wildman–Crippen MR) is 78.1 cm³/mol. The summed E-state index contributed by atoms with van der Waals surface area (Å²) in [6.45, 7) is 2.18. The number of nitro benzene ring substituents is 1. The Hall–Kier alpha value is -2.64. The van der Waals surface area contributed by atoms with Crippen molar-refractivity contribution in [2.75, 3.05) is 20.2 Å². The predicted octanol–water partition coefficient (Wildman–Crippen LogP) is 1.93. The van der Waals surface area contributed by atoms with Crippen LogP contribution in [0, 0.1) is 10.1 Å². The van der Waals surface area contributed by atoms with Crippen LogP contribution in [-0.2, 0) is 4.79 Å². The maximum absolute atomic E-state index is 11.8. The van der Waals surface area contributed by atoms with Crippen molar-refractivity contribution in [3.05, 3.63) is 33.9 Å². The van der Waals surface area contributed by atoms with E-state index >= 15 is 0 Å². The number of benzene rings is 1. The quantitative estimate of drug-likeness (QED) is 0.580. The van der Waals surface area contributed by atoms with Gasteiger partial charge >= 0.3 is 11.7 Å². The minimum absolute atomic E-state index is 0.146. The Morgan fingerprint density at radius 1 is 1.41 bits per heavy atom. The molecule has 0 atom stereocenters. The number of hydrogen-bond donors (Lipinski definition) is 1. The Labute approximate surface area is 127 Å². The molecule has 1 rings (SSSR count). The molecular weight excluding hydrogens is 292 g/mol. The first-order valence-electron chi connectivity index (χ1n) is 6.75. The highest BCUT2D eigenvalue weighted by atomic mass is 16.6. The number of nitro groups is 1. The van der Waals surface area contributed by atoms with E-state index in [1.807, 2.05) is 6.92 Å². The van der Waals surface area contributed by atoms with E-state index in [0.29, 0.717) is 6.54 Å². The van der Waals surface area contributed by atoms with Crippen LogP contribution in [0.5, 0.6) is 5.75 Å². The number of unbranched alkanes of at least 4 members (excludes halogenated alkanes) is 1. The molecule has 0 aliphatic rings. The van der Waals surface area contributed by atoms with E-state index in [-0.39, 0.29) is 29.5 Å². The zero-order valence-corrected chi connectivity index (χ0v) is 12.4. The molecule has 0 fully saturated rings. The molecule has 0 saturated heterocycles. The summed E-state index contributed by atoms with van der Waals surface area (Å²) in [5.74, 6) is -1.79. The van der Waals surface area contributed by atoms with E-state index in [4.69, 9.17) is 9.84 Å². The van der Waals surface area contributed by atoms with Crippen molar-refractivity contribution in [2.45, 2.75) is 19.8 Å². The summed E-state index contributed by atoms with van der Waals surface area (Å²) in [7, 11) is 1.61. The number of hydrogen-bond acceptors (Lipinski definition) is 5. The molecule has 8 heteroatoms. The summed E-state index contributed by atoms with van der Waals surface area (Å²) >= 11 is 0. The molecule has 1 amide bonds. The first-order valence-corrected chi connectivity index (χ1v) is 6.75. The molecule has 0 heterocycles. The van der Waals surface area contributed by atoms with Crippen LogP contribution < -0.4 is 4.74 Å². The molecule has 22 heavy (non-hydrogen) atoms. The number of nitrogens with zero attached hydrogens (tertiary/aromatic N) is 2. The molecule has 0 saturated carbocycles. The van der Waals surface area contributed by atoms with Gasteiger partial charge < -0.3 is 14.7 Å². The maximum atomic E-state index is 11.8. The Morgan fingerprint density at radius 2 is 2.09 bits per heavy atom. The highest BCUT2D eigenvalue weighted by Gasteiger charge is 2.19. The zero-order valence-electron chi connectivity index (χ0n) is 12.4. The van der Waals surface area contributed by atoms with Crippen LogP contribution in [0.4, 0.5) is 5.69 Å². The van der Waals surface area contributed by atoms with Crippen LogP contribution >= 0.6 is 0 Å². The van der Waals surface area contributed by atoms with Gasteiger partial charge in [0.2, 0.25) is 0 Å². The Balaban J connectivity index is 2.82. The second kappa shape index (κ2) is 7.96. The zero-order chi connectivity index (χ0) is 16.7. The molecule has 8 nitrogen and oxygen atoms in total. The summed E-state index contributed by atoms with van der Waals surface area (Å²) in [4.78, 5) is 34.4. The Kier molecular flexibility index (Phi) is 6.30. The third-order valence-corrected chi connectivity index (χ3v) is 3.03. The fourth-order valence-electron chi connectivity index (χ4n) is 1.68. The topological polar surface area (TPSA) is 110 Å². The number of carbonyl (C=O) groups excluding carboxylic acids is 1. The number of rotatable bonds is 8. The largest absolute Gasteiger partial charge is 0.478 e. The number of amides is 1. The highest BCUT2D eigenvalue weighted by Crippen LogP contribution is 2.28. The van der Waals surface area contributed by atoms with Gasteiger partial charge in [0.1, 0.15) is 0 Å². The van der Waals surface area contributed by atoms with Crippen molar-refractivity contribution >= 4 is 17.6 Å². The molecule has 0 aliphatic carbocycles. The normalized spacial score (nSPS) is 10.1. The monoisotopic (exact) mass is 310 g/mol. The summed E-state index contributed by atoms with van der Waals surface area (Å²) in [6.07, 6.45) is 1.78. The fourth-order valence-corrected chi connectivity index (χ4v) is 1.68. The Morgan fingerprint density at radius 3 is 2.64 bits per heavy atom. The molecule has 120 valence electrons. The minimum atomic E-state index is -1.23. The lowest BCUT2D eigenvalue weighted by Gasteiger charge is -2.17. The van der Waals surface area contributed by atoms with Gasteiger partial charge in [-0.3, -0.25) is 14.9 Å². The molecule has 0 aliphatic heterocycles. The number of carboxylic acids is 1. The van der Waals surface area contributed by atoms with Crippen molar-refractivity contribution in [1.29, 1.82) is 0 Å². The number of likely N-dealkylation sites (N-methyl/N-ethyl adjacent to an activating group) is 1. The van der Waals surface area contributed by atoms with Crippen LogP contribution in [0.3, 0.4) is 0 Å². The van der Waals surface area contributed by atoms with Crippen molar-refractivity contribution in [2.24, 2.45) is 0 Å². The van der Waals surface area contributed by atoms with Gasteiger partial charge in [-0.05, 0) is 12.5 Å². The van der Waals surface area contributed by atoms with Crippen LogP contribution in [0.15, 0.2) is 18.2 Å². The second-order valence-corrected chi connectivity index (χ2v) is 4.70. The summed E-state index contributed by atoms with van der Waals surface area (Å²) in [6, 6.07) is 3.20. The lowest BCUT2D eigenvalue weighted by Crippen LogP contribution is -2.32. The van der Waals surface area contributed by atoms with Gasteiger partial charge in [-0.2, -0.15) is 0 Å². The molecule has 1 N–H and O–H groups in total. The molecule has 0 bridgehead atoms. The van der Waals surface area contributed by atoms with Crippen molar-refractivity contribution in [1.82, 2.24) is 4.90 Å². The number of carbonyl (C=O) groups is 2. The molecular formula is C14H18N2O6. The average molecular weight is 310 g/mol. The van der Waals surface area contributed by atoms with Gasteiger partial charge in [0, 0.05) is 25.7 Å². The van der Waals surface area contributed by atoms with E-state index in [1.54, 1.807) is 7.05 Å². The number of carboxylic acid groups (broad SMARTS) is 1. The van der Waals surface area contributed by atoms with E-state index in [1.165, 1.54) is 4.90 Å². The molecule has 1 aromatic carbocycles. The van der Waals surface area contributed by atoms with E-state index < -0.39 is 10.9 Å². The van der Waals surface area contributed by atoms with Gasteiger partial charge in [0.05, 0.1) is 10.5 Å². The first-order chi connectivity index (χ1) is 10.4. The smallest absolute Gasteiger partial charge is 0.335 e. The van der Waals surface area contributed by atoms with Gasteiger partial charge in [0.25, 0.3) is 5.91 Å². The second-order valence-electron chi connectivity index (χ2n) is 4.70. The number of aromatic carboxylic acids is 1. The molecule has 1 aromatic rings. The summed E-state index contributed by atoms with van der Waals surface area (Å²) in [5, 5.41) is 19.8. The molecule has 0 radical (unpaired) electrons. The number of ether oxygens (including phenoxy) is 1. The van der Waals surface area contributed by atoms with Gasteiger partial charge in [-0.25, -0.2) is 4.79 Å². The first kappa shape index (κ1) is 17.4.